The normalized spacial score (nSPS) is 26.7. The van der Waals surface area contributed by atoms with Gasteiger partial charge in [-0.15, -0.1) is 0 Å². The molecule has 0 unspecified atom stereocenters. The zero-order valence-corrected chi connectivity index (χ0v) is 5.82. The van der Waals surface area contributed by atoms with E-state index < -0.39 is 5.92 Å². The highest BCUT2D eigenvalue weighted by Gasteiger charge is 2.33. The van der Waals surface area contributed by atoms with Gasteiger partial charge in [-0.1, -0.05) is 0 Å². The molecule has 0 aliphatic carbocycles. The maximum absolute atomic E-state index is 12.4. The molecular formula is C6H12F2N2. The monoisotopic (exact) mass is 150 g/mol. The fourth-order valence-electron chi connectivity index (χ4n) is 1.06. The van der Waals surface area contributed by atoms with Crippen molar-refractivity contribution in [1.82, 2.24) is 4.90 Å². The van der Waals surface area contributed by atoms with E-state index in [0.29, 0.717) is 19.8 Å². The summed E-state index contributed by atoms with van der Waals surface area (Å²) in [5, 5.41) is 0. The predicted octanol–water partition coefficient (Wildman–Crippen LogP) is 0.634. The lowest BCUT2D eigenvalue weighted by atomic mass is 10.1. The van der Waals surface area contributed by atoms with E-state index in [9.17, 15) is 8.78 Å². The summed E-state index contributed by atoms with van der Waals surface area (Å²) in [4.78, 5) is 1.83. The highest BCUT2D eigenvalue weighted by Crippen LogP contribution is 2.26. The summed E-state index contributed by atoms with van der Waals surface area (Å²) in [6.07, 6.45) is -0.0750. The first kappa shape index (κ1) is 7.88. The van der Waals surface area contributed by atoms with E-state index in [1.54, 1.807) is 0 Å². The standard InChI is InChI=1S/C6H12F2N2/c7-6(8)1-3-10(5-9)4-2-6/h1-5,9H2. The van der Waals surface area contributed by atoms with Crippen molar-refractivity contribution in [2.24, 2.45) is 5.73 Å². The van der Waals surface area contributed by atoms with Crippen LogP contribution in [0.2, 0.25) is 0 Å². The third-order valence-corrected chi connectivity index (χ3v) is 1.85. The molecule has 1 aliphatic rings. The summed E-state index contributed by atoms with van der Waals surface area (Å²) in [6.45, 7) is 1.27. The van der Waals surface area contributed by atoms with Gasteiger partial charge in [0.2, 0.25) is 0 Å². The van der Waals surface area contributed by atoms with Gasteiger partial charge in [0.05, 0.1) is 0 Å². The smallest absolute Gasteiger partial charge is 0.250 e. The summed E-state index contributed by atoms with van der Waals surface area (Å²) in [7, 11) is 0. The molecule has 0 aromatic heterocycles. The third-order valence-electron chi connectivity index (χ3n) is 1.85. The number of halogens is 2. The van der Waals surface area contributed by atoms with E-state index in [-0.39, 0.29) is 12.8 Å². The molecule has 0 saturated carbocycles. The zero-order valence-electron chi connectivity index (χ0n) is 5.82. The minimum Gasteiger partial charge on any atom is -0.318 e. The van der Waals surface area contributed by atoms with Crippen molar-refractivity contribution in [3.8, 4) is 0 Å². The molecule has 4 heteroatoms. The van der Waals surface area contributed by atoms with Crippen molar-refractivity contribution in [3.63, 3.8) is 0 Å². The largest absolute Gasteiger partial charge is 0.318 e. The van der Waals surface area contributed by atoms with Gasteiger partial charge in [0.15, 0.2) is 0 Å². The Hall–Kier alpha value is -0.220. The van der Waals surface area contributed by atoms with Gasteiger partial charge in [0, 0.05) is 32.6 Å². The van der Waals surface area contributed by atoms with Gasteiger partial charge in [-0.05, 0) is 0 Å². The van der Waals surface area contributed by atoms with Gasteiger partial charge in [-0.25, -0.2) is 8.78 Å². The van der Waals surface area contributed by atoms with Crippen LogP contribution in [0.5, 0.6) is 0 Å². The van der Waals surface area contributed by atoms with Crippen LogP contribution in [0.15, 0.2) is 0 Å². The quantitative estimate of drug-likeness (QED) is 0.594. The fraction of sp³-hybridized carbons (Fsp3) is 1.00. The molecule has 0 radical (unpaired) electrons. The Kier molecular flexibility index (Phi) is 2.21. The molecule has 2 N–H and O–H groups in total. The molecule has 0 amide bonds. The Morgan fingerprint density at radius 1 is 1.30 bits per heavy atom. The SMILES string of the molecule is NCN1CCC(F)(F)CC1. The van der Waals surface area contributed by atoms with Crippen molar-refractivity contribution in [2.45, 2.75) is 18.8 Å². The average molecular weight is 150 g/mol. The molecule has 0 aromatic carbocycles. The zero-order chi connectivity index (χ0) is 7.61. The molecule has 0 aromatic rings. The van der Waals surface area contributed by atoms with Crippen LogP contribution in [-0.2, 0) is 0 Å². The maximum atomic E-state index is 12.4. The molecule has 1 aliphatic heterocycles. The maximum Gasteiger partial charge on any atom is 0.250 e. The highest BCUT2D eigenvalue weighted by molar-refractivity contribution is 4.76. The van der Waals surface area contributed by atoms with Crippen LogP contribution in [0, 0.1) is 0 Å². The van der Waals surface area contributed by atoms with Crippen LogP contribution in [0.3, 0.4) is 0 Å². The van der Waals surface area contributed by atoms with Gasteiger partial charge >= 0.3 is 0 Å². The Labute approximate surface area is 59.0 Å². The number of rotatable bonds is 1. The molecular weight excluding hydrogens is 138 g/mol. The lowest BCUT2D eigenvalue weighted by Crippen LogP contribution is -2.41. The van der Waals surface area contributed by atoms with Crippen LogP contribution < -0.4 is 5.73 Å². The lowest BCUT2D eigenvalue weighted by molar-refractivity contribution is -0.0545. The van der Waals surface area contributed by atoms with Crippen LogP contribution >= 0.6 is 0 Å². The number of piperidine rings is 1. The Morgan fingerprint density at radius 3 is 2.20 bits per heavy atom. The molecule has 60 valence electrons. The minimum atomic E-state index is -2.44. The second-order valence-electron chi connectivity index (χ2n) is 2.66. The highest BCUT2D eigenvalue weighted by atomic mass is 19.3. The topological polar surface area (TPSA) is 29.3 Å². The van der Waals surface area contributed by atoms with Crippen molar-refractivity contribution in [3.05, 3.63) is 0 Å². The summed E-state index contributed by atoms with van der Waals surface area (Å²) < 4.78 is 24.9. The number of hydrogen-bond donors (Lipinski definition) is 1. The van der Waals surface area contributed by atoms with E-state index in [4.69, 9.17) is 5.73 Å². The molecule has 1 heterocycles. The van der Waals surface area contributed by atoms with Crippen LogP contribution in [0.25, 0.3) is 0 Å². The Morgan fingerprint density at radius 2 is 1.80 bits per heavy atom. The third kappa shape index (κ3) is 1.88. The number of nitrogens with zero attached hydrogens (tertiary/aromatic N) is 1. The van der Waals surface area contributed by atoms with E-state index in [1.165, 1.54) is 0 Å². The molecule has 1 fully saturated rings. The summed E-state index contributed by atoms with van der Waals surface area (Å²) in [6, 6.07) is 0. The first-order valence-electron chi connectivity index (χ1n) is 3.44. The predicted molar refractivity (Wildman–Crippen MR) is 34.8 cm³/mol. The average Bonchev–Trinajstić information content (AvgIpc) is 1.88. The van der Waals surface area contributed by atoms with Crippen LogP contribution in [0.1, 0.15) is 12.8 Å². The first-order valence-corrected chi connectivity index (χ1v) is 3.44. The molecule has 0 bridgehead atoms. The number of alkyl halides is 2. The van der Waals surface area contributed by atoms with Gasteiger partial charge in [-0.2, -0.15) is 0 Å². The van der Waals surface area contributed by atoms with Crippen molar-refractivity contribution in [2.75, 3.05) is 19.8 Å². The lowest BCUT2D eigenvalue weighted by Gasteiger charge is -2.30. The molecule has 10 heavy (non-hydrogen) atoms. The van der Waals surface area contributed by atoms with E-state index in [2.05, 4.69) is 0 Å². The Balaban J connectivity index is 2.31. The molecule has 0 spiro atoms. The summed E-state index contributed by atoms with van der Waals surface area (Å²) >= 11 is 0. The fourth-order valence-corrected chi connectivity index (χ4v) is 1.06. The van der Waals surface area contributed by atoms with Gasteiger partial charge in [0.1, 0.15) is 0 Å². The first-order chi connectivity index (χ1) is 4.64. The summed E-state index contributed by atoms with van der Waals surface area (Å²) in [5.41, 5.74) is 5.27. The molecule has 0 atom stereocenters. The summed E-state index contributed by atoms with van der Waals surface area (Å²) in [5.74, 6) is -2.44. The molecule has 1 saturated heterocycles. The van der Waals surface area contributed by atoms with E-state index in [1.807, 2.05) is 4.90 Å². The van der Waals surface area contributed by atoms with E-state index in [0.717, 1.165) is 0 Å². The van der Waals surface area contributed by atoms with Crippen LogP contribution in [-0.4, -0.2) is 30.6 Å². The van der Waals surface area contributed by atoms with Crippen LogP contribution in [0.4, 0.5) is 8.78 Å². The molecule has 2 nitrogen and oxygen atoms in total. The molecule has 1 rings (SSSR count). The Bertz CT molecular complexity index is 106. The van der Waals surface area contributed by atoms with Crippen molar-refractivity contribution in [1.29, 1.82) is 0 Å². The van der Waals surface area contributed by atoms with Crippen molar-refractivity contribution < 1.29 is 8.78 Å². The number of nitrogens with two attached hydrogens (primary N) is 1. The second kappa shape index (κ2) is 2.80. The van der Waals surface area contributed by atoms with Gasteiger partial charge < -0.3 is 5.73 Å². The second-order valence-corrected chi connectivity index (χ2v) is 2.66. The van der Waals surface area contributed by atoms with Gasteiger partial charge in [-0.3, -0.25) is 4.90 Å². The van der Waals surface area contributed by atoms with E-state index >= 15 is 0 Å². The van der Waals surface area contributed by atoms with Gasteiger partial charge in [0.25, 0.3) is 5.92 Å². The number of likely N-dealkylation sites (tertiary alicyclic amines) is 1. The minimum absolute atomic E-state index is 0.0375. The number of hydrogen-bond acceptors (Lipinski definition) is 2. The van der Waals surface area contributed by atoms with Crippen molar-refractivity contribution >= 4 is 0 Å².